The van der Waals surface area contributed by atoms with Gasteiger partial charge < -0.3 is 4.74 Å². The number of carbonyl (C=O) groups is 3. The van der Waals surface area contributed by atoms with Gasteiger partial charge in [-0.1, -0.05) is 0 Å². The van der Waals surface area contributed by atoms with Crippen molar-refractivity contribution >= 4 is 17.8 Å². The fourth-order valence-corrected chi connectivity index (χ4v) is 1.57. The highest BCUT2D eigenvalue weighted by molar-refractivity contribution is 6.02. The van der Waals surface area contributed by atoms with Crippen LogP contribution in [0.1, 0.15) is 25.7 Å². The van der Waals surface area contributed by atoms with E-state index in [9.17, 15) is 14.4 Å². The van der Waals surface area contributed by atoms with Crippen molar-refractivity contribution in [2.45, 2.75) is 25.7 Å². The molecular formula is C10H12N2O4. The van der Waals surface area contributed by atoms with Crippen LogP contribution in [0.4, 0.5) is 0 Å². The number of amides is 2. The maximum atomic E-state index is 11.6. The quantitative estimate of drug-likeness (QED) is 0.532. The second-order valence-corrected chi connectivity index (χ2v) is 3.65. The van der Waals surface area contributed by atoms with Crippen molar-refractivity contribution in [3.05, 3.63) is 0 Å². The monoisotopic (exact) mass is 224 g/mol. The molecule has 0 radical (unpaired) electrons. The molecule has 0 aliphatic carbocycles. The van der Waals surface area contributed by atoms with Gasteiger partial charge in [-0.3, -0.25) is 19.7 Å². The van der Waals surface area contributed by atoms with E-state index in [1.165, 1.54) is 7.11 Å². The van der Waals surface area contributed by atoms with Gasteiger partial charge in [0.15, 0.2) is 0 Å². The van der Waals surface area contributed by atoms with E-state index < -0.39 is 17.3 Å². The zero-order chi connectivity index (χ0) is 12.2. The molecule has 0 spiro atoms. The van der Waals surface area contributed by atoms with Gasteiger partial charge in [0.05, 0.1) is 13.2 Å². The number of piperidine rings is 1. The predicted octanol–water partition coefficient (Wildman–Crippen LogP) is -0.114. The molecule has 16 heavy (non-hydrogen) atoms. The third kappa shape index (κ3) is 2.37. The molecule has 0 saturated carbocycles. The van der Waals surface area contributed by atoms with Gasteiger partial charge in [0.25, 0.3) is 0 Å². The van der Waals surface area contributed by atoms with Crippen LogP contribution < -0.4 is 5.32 Å². The van der Waals surface area contributed by atoms with Gasteiger partial charge in [0, 0.05) is 12.8 Å². The molecule has 1 unspecified atom stereocenters. The van der Waals surface area contributed by atoms with Crippen molar-refractivity contribution < 1.29 is 19.1 Å². The van der Waals surface area contributed by atoms with Crippen molar-refractivity contribution in [1.82, 2.24) is 5.32 Å². The molecule has 1 fully saturated rings. The van der Waals surface area contributed by atoms with Crippen molar-refractivity contribution in [2.75, 3.05) is 7.11 Å². The number of imide groups is 1. The van der Waals surface area contributed by atoms with Crippen LogP contribution in [0, 0.1) is 16.7 Å². The molecule has 0 bridgehead atoms. The van der Waals surface area contributed by atoms with Crippen LogP contribution in [0.15, 0.2) is 0 Å². The topological polar surface area (TPSA) is 96.3 Å². The summed E-state index contributed by atoms with van der Waals surface area (Å²) in [5.74, 6) is -1.47. The summed E-state index contributed by atoms with van der Waals surface area (Å²) in [4.78, 5) is 33.4. The van der Waals surface area contributed by atoms with Gasteiger partial charge >= 0.3 is 5.97 Å². The number of carbonyl (C=O) groups excluding carboxylic acids is 3. The largest absolute Gasteiger partial charge is 0.469 e. The number of methoxy groups -OCH3 is 1. The molecule has 0 aromatic heterocycles. The number of ether oxygens (including phenoxy) is 1. The van der Waals surface area contributed by atoms with E-state index in [1.54, 1.807) is 0 Å². The number of hydrogen-bond donors (Lipinski definition) is 1. The van der Waals surface area contributed by atoms with E-state index in [0.717, 1.165) is 0 Å². The first kappa shape index (κ1) is 12.2. The number of nitrogens with one attached hydrogen (secondary N) is 1. The van der Waals surface area contributed by atoms with Crippen molar-refractivity contribution in [3.63, 3.8) is 0 Å². The minimum atomic E-state index is -1.28. The second-order valence-electron chi connectivity index (χ2n) is 3.65. The number of esters is 1. The molecule has 2 amide bonds. The van der Waals surface area contributed by atoms with Crippen molar-refractivity contribution in [2.24, 2.45) is 5.41 Å². The Morgan fingerprint density at radius 3 is 2.81 bits per heavy atom. The van der Waals surface area contributed by atoms with Crippen LogP contribution in [-0.4, -0.2) is 24.9 Å². The molecular weight excluding hydrogens is 212 g/mol. The average molecular weight is 224 g/mol. The summed E-state index contributed by atoms with van der Waals surface area (Å²) in [5.41, 5.74) is -1.28. The Morgan fingerprint density at radius 2 is 2.31 bits per heavy atom. The maximum absolute atomic E-state index is 11.6. The van der Waals surface area contributed by atoms with E-state index in [-0.39, 0.29) is 31.6 Å². The van der Waals surface area contributed by atoms with Crippen LogP contribution >= 0.6 is 0 Å². The van der Waals surface area contributed by atoms with Gasteiger partial charge in [0.2, 0.25) is 11.8 Å². The highest BCUT2D eigenvalue weighted by Crippen LogP contribution is 2.32. The molecule has 1 aliphatic heterocycles. The fourth-order valence-electron chi connectivity index (χ4n) is 1.57. The van der Waals surface area contributed by atoms with Crippen LogP contribution in [0.2, 0.25) is 0 Å². The lowest BCUT2D eigenvalue weighted by Gasteiger charge is -2.28. The van der Waals surface area contributed by atoms with Gasteiger partial charge in [-0.05, 0) is 12.8 Å². The van der Waals surface area contributed by atoms with E-state index in [1.807, 2.05) is 6.07 Å². The molecule has 1 rings (SSSR count). The van der Waals surface area contributed by atoms with Gasteiger partial charge in [-0.25, -0.2) is 0 Å². The zero-order valence-corrected chi connectivity index (χ0v) is 8.91. The number of nitrogens with zero attached hydrogens (tertiary/aromatic N) is 1. The van der Waals surface area contributed by atoms with E-state index in [4.69, 9.17) is 5.26 Å². The van der Waals surface area contributed by atoms with Crippen molar-refractivity contribution in [1.29, 1.82) is 5.26 Å². The molecule has 1 heterocycles. The molecule has 0 aromatic rings. The fraction of sp³-hybridized carbons (Fsp3) is 0.600. The third-order valence-electron chi connectivity index (χ3n) is 2.66. The Balaban J connectivity index is 2.71. The summed E-state index contributed by atoms with van der Waals surface area (Å²) >= 11 is 0. The summed E-state index contributed by atoms with van der Waals surface area (Å²) in [6.45, 7) is 0. The lowest BCUT2D eigenvalue weighted by atomic mass is 9.77. The van der Waals surface area contributed by atoms with Gasteiger partial charge in [0.1, 0.15) is 5.41 Å². The molecule has 0 aromatic carbocycles. The zero-order valence-electron chi connectivity index (χ0n) is 8.91. The van der Waals surface area contributed by atoms with Crippen LogP contribution in [0.25, 0.3) is 0 Å². The molecule has 1 N–H and O–H groups in total. The van der Waals surface area contributed by atoms with Gasteiger partial charge in [-0.15, -0.1) is 0 Å². The van der Waals surface area contributed by atoms with Crippen molar-refractivity contribution in [3.8, 4) is 6.07 Å². The minimum Gasteiger partial charge on any atom is -0.469 e. The van der Waals surface area contributed by atoms with Crippen LogP contribution in [0.5, 0.6) is 0 Å². The second kappa shape index (κ2) is 4.75. The first-order chi connectivity index (χ1) is 7.54. The molecule has 1 atom stereocenters. The summed E-state index contributed by atoms with van der Waals surface area (Å²) < 4.78 is 4.44. The molecule has 6 nitrogen and oxygen atoms in total. The number of hydrogen-bond acceptors (Lipinski definition) is 5. The number of nitriles is 1. The summed E-state index contributed by atoms with van der Waals surface area (Å²) in [5, 5.41) is 11.1. The maximum Gasteiger partial charge on any atom is 0.305 e. The lowest BCUT2D eigenvalue weighted by Crippen LogP contribution is -2.48. The first-order valence-corrected chi connectivity index (χ1v) is 4.86. The average Bonchev–Trinajstić information content (AvgIpc) is 2.28. The smallest absolute Gasteiger partial charge is 0.305 e. The predicted molar refractivity (Wildman–Crippen MR) is 51.7 cm³/mol. The number of rotatable bonds is 3. The summed E-state index contributed by atoms with van der Waals surface area (Å²) in [6.07, 6.45) is 0.354. The third-order valence-corrected chi connectivity index (χ3v) is 2.66. The first-order valence-electron chi connectivity index (χ1n) is 4.86. The minimum absolute atomic E-state index is 0.00826. The van der Waals surface area contributed by atoms with E-state index in [0.29, 0.717) is 0 Å². The summed E-state index contributed by atoms with van der Waals surface area (Å²) in [7, 11) is 1.24. The normalized spacial score (nSPS) is 24.5. The highest BCUT2D eigenvalue weighted by atomic mass is 16.5. The summed E-state index contributed by atoms with van der Waals surface area (Å²) in [6, 6.07) is 1.90. The standard InChI is InChI=1S/C10H12N2O4/c1-16-8(14)3-5-10(6-11)4-2-7(13)12-9(10)15/h2-5H2,1H3,(H,12,13,15). The van der Waals surface area contributed by atoms with Gasteiger partial charge in [-0.2, -0.15) is 5.26 Å². The van der Waals surface area contributed by atoms with E-state index >= 15 is 0 Å². The molecule has 1 saturated heterocycles. The van der Waals surface area contributed by atoms with Crippen LogP contribution in [-0.2, 0) is 19.1 Å². The Bertz CT molecular complexity index is 372. The van der Waals surface area contributed by atoms with E-state index in [2.05, 4.69) is 10.1 Å². The van der Waals surface area contributed by atoms with Crippen LogP contribution in [0.3, 0.4) is 0 Å². The Labute approximate surface area is 92.6 Å². The Morgan fingerprint density at radius 1 is 1.62 bits per heavy atom. The molecule has 6 heteroatoms. The Kier molecular flexibility index (Phi) is 3.61. The Hall–Kier alpha value is -1.90. The lowest BCUT2D eigenvalue weighted by molar-refractivity contribution is -0.142. The highest BCUT2D eigenvalue weighted by Gasteiger charge is 2.43. The molecule has 1 aliphatic rings. The SMILES string of the molecule is COC(=O)CCC1(C#N)CCC(=O)NC1=O. The molecule has 86 valence electrons.